The van der Waals surface area contributed by atoms with Crippen molar-refractivity contribution in [1.29, 1.82) is 0 Å². The highest BCUT2D eigenvalue weighted by Crippen LogP contribution is 2.35. The van der Waals surface area contributed by atoms with Gasteiger partial charge in [-0.2, -0.15) is 4.98 Å². The predicted molar refractivity (Wildman–Crippen MR) is 128 cm³/mol. The van der Waals surface area contributed by atoms with E-state index in [4.69, 9.17) is 9.26 Å². The van der Waals surface area contributed by atoms with Crippen LogP contribution in [0.15, 0.2) is 22.7 Å². The van der Waals surface area contributed by atoms with Gasteiger partial charge in [-0.1, -0.05) is 11.6 Å². The van der Waals surface area contributed by atoms with Crippen LogP contribution < -0.4 is 9.64 Å². The monoisotopic (exact) mass is 471 g/mol. The summed E-state index contributed by atoms with van der Waals surface area (Å²) in [6.45, 7) is 4.07. The Morgan fingerprint density at radius 2 is 1.97 bits per heavy atom. The molecular weight excluding hydrogens is 434 g/mol. The van der Waals surface area contributed by atoms with Gasteiger partial charge in [0.1, 0.15) is 5.75 Å². The molecule has 186 valence electrons. The molecule has 0 spiro atoms. The maximum absolute atomic E-state index is 12.4. The number of aliphatic hydroxyl groups is 2. The lowest BCUT2D eigenvalue weighted by Gasteiger charge is -2.30. The minimum Gasteiger partial charge on any atom is -0.494 e. The molecule has 0 unspecified atom stereocenters. The number of aliphatic hydroxyl groups excluding tert-OH is 2. The summed E-state index contributed by atoms with van der Waals surface area (Å²) in [5.74, 6) is 2.35. The first kappa shape index (κ1) is 24.7. The Kier molecular flexibility index (Phi) is 8.56. The van der Waals surface area contributed by atoms with E-state index in [0.29, 0.717) is 30.0 Å². The van der Waals surface area contributed by atoms with Crippen LogP contribution in [0.3, 0.4) is 0 Å². The zero-order chi connectivity index (χ0) is 23.9. The summed E-state index contributed by atoms with van der Waals surface area (Å²) in [6, 6.07) is 6.18. The largest absolute Gasteiger partial charge is 0.494 e. The average Bonchev–Trinajstić information content (AvgIpc) is 3.29. The highest BCUT2D eigenvalue weighted by atomic mass is 16.5. The maximum Gasteiger partial charge on any atom is 0.324 e. The number of aromatic nitrogens is 2. The standard InChI is InChI=1S/C26H37N3O5/c1-18-14-22(7-8-23(18)24(32)15-20(16-30)17-31)33-13-3-4-19-9-11-29(12-10-19)26-27-25(28-34-26)21-5-2-6-21/h7-8,14,19-21,30-31H,2-6,9-13,15-17H2,1H3. The topological polar surface area (TPSA) is 109 Å². The number of rotatable bonds is 12. The van der Waals surface area contributed by atoms with E-state index in [1.807, 2.05) is 19.1 Å². The Labute approximate surface area is 201 Å². The van der Waals surface area contributed by atoms with Crippen molar-refractivity contribution in [2.24, 2.45) is 11.8 Å². The van der Waals surface area contributed by atoms with Crippen LogP contribution >= 0.6 is 0 Å². The molecule has 2 aromatic rings. The SMILES string of the molecule is Cc1cc(OCCCC2CCN(c3nc(C4CCC4)no3)CC2)ccc1C(=O)CC(CO)CO. The number of Topliss-reactive ketones (excluding diaryl/α,β-unsaturated/α-hetero) is 1. The maximum atomic E-state index is 12.4. The molecule has 1 aromatic heterocycles. The number of ketones is 1. The molecule has 1 aliphatic heterocycles. The fourth-order valence-electron chi connectivity index (χ4n) is 4.76. The number of anilines is 1. The Hall–Kier alpha value is -2.45. The van der Waals surface area contributed by atoms with Gasteiger partial charge < -0.3 is 24.4 Å². The Morgan fingerprint density at radius 1 is 1.21 bits per heavy atom. The zero-order valence-corrected chi connectivity index (χ0v) is 20.1. The van der Waals surface area contributed by atoms with E-state index in [1.165, 1.54) is 19.3 Å². The lowest BCUT2D eigenvalue weighted by Crippen LogP contribution is -2.34. The van der Waals surface area contributed by atoms with Gasteiger partial charge in [0, 0.05) is 50.1 Å². The number of benzene rings is 1. The van der Waals surface area contributed by atoms with Gasteiger partial charge in [-0.25, -0.2) is 0 Å². The summed E-state index contributed by atoms with van der Waals surface area (Å²) in [7, 11) is 0. The van der Waals surface area contributed by atoms with Crippen molar-refractivity contribution in [2.45, 2.75) is 64.2 Å². The van der Waals surface area contributed by atoms with Crippen LogP contribution in [0.5, 0.6) is 5.75 Å². The van der Waals surface area contributed by atoms with Crippen molar-refractivity contribution in [3.63, 3.8) is 0 Å². The van der Waals surface area contributed by atoms with E-state index in [9.17, 15) is 15.0 Å². The van der Waals surface area contributed by atoms with Gasteiger partial charge in [0.25, 0.3) is 0 Å². The normalized spacial score (nSPS) is 17.2. The number of aryl methyl sites for hydroxylation is 1. The van der Waals surface area contributed by atoms with Crippen LogP contribution in [0, 0.1) is 18.8 Å². The number of carbonyl (C=O) groups is 1. The van der Waals surface area contributed by atoms with E-state index in [2.05, 4.69) is 15.0 Å². The summed E-state index contributed by atoms with van der Waals surface area (Å²) >= 11 is 0. The Morgan fingerprint density at radius 3 is 2.62 bits per heavy atom. The first-order valence-electron chi connectivity index (χ1n) is 12.6. The molecule has 2 heterocycles. The van der Waals surface area contributed by atoms with E-state index in [0.717, 1.165) is 55.9 Å². The number of piperidine rings is 1. The summed E-state index contributed by atoms with van der Waals surface area (Å²) in [6.07, 6.45) is 8.14. The van der Waals surface area contributed by atoms with E-state index in [-0.39, 0.29) is 25.4 Å². The summed E-state index contributed by atoms with van der Waals surface area (Å²) < 4.78 is 11.4. The molecule has 1 aliphatic carbocycles. The molecule has 0 atom stereocenters. The third-order valence-electron chi connectivity index (χ3n) is 7.30. The molecule has 1 saturated carbocycles. The molecule has 1 saturated heterocycles. The molecule has 8 nitrogen and oxygen atoms in total. The van der Waals surface area contributed by atoms with E-state index < -0.39 is 5.92 Å². The number of nitrogens with zero attached hydrogens (tertiary/aromatic N) is 3. The van der Waals surface area contributed by atoms with Gasteiger partial charge in [-0.3, -0.25) is 4.79 Å². The van der Waals surface area contributed by atoms with Crippen LogP contribution in [-0.4, -0.2) is 59.0 Å². The van der Waals surface area contributed by atoms with Crippen LogP contribution in [-0.2, 0) is 0 Å². The molecular formula is C26H37N3O5. The van der Waals surface area contributed by atoms with Crippen molar-refractivity contribution in [2.75, 3.05) is 37.8 Å². The van der Waals surface area contributed by atoms with Crippen LogP contribution in [0.25, 0.3) is 0 Å². The number of ether oxygens (including phenoxy) is 1. The second kappa shape index (κ2) is 11.8. The molecule has 0 bridgehead atoms. The lowest BCUT2D eigenvalue weighted by atomic mass is 9.85. The fourth-order valence-corrected chi connectivity index (χ4v) is 4.76. The Bertz CT molecular complexity index is 930. The first-order chi connectivity index (χ1) is 16.6. The minimum atomic E-state index is -0.411. The third-order valence-corrected chi connectivity index (χ3v) is 7.30. The lowest BCUT2D eigenvalue weighted by molar-refractivity contribution is 0.0878. The van der Waals surface area contributed by atoms with E-state index >= 15 is 0 Å². The quantitative estimate of drug-likeness (QED) is 0.354. The summed E-state index contributed by atoms with van der Waals surface area (Å²) in [4.78, 5) is 19.3. The van der Waals surface area contributed by atoms with Gasteiger partial charge in [0.05, 0.1) is 6.61 Å². The number of hydrogen-bond donors (Lipinski definition) is 2. The van der Waals surface area contributed by atoms with E-state index in [1.54, 1.807) is 6.07 Å². The van der Waals surface area contributed by atoms with Gasteiger partial charge in [0.15, 0.2) is 11.6 Å². The van der Waals surface area contributed by atoms with Gasteiger partial charge in [-0.05, 0) is 75.1 Å². The summed E-state index contributed by atoms with van der Waals surface area (Å²) in [5.41, 5.74) is 1.47. The molecule has 34 heavy (non-hydrogen) atoms. The second-order valence-corrected chi connectivity index (χ2v) is 9.82. The smallest absolute Gasteiger partial charge is 0.324 e. The van der Waals surface area contributed by atoms with Crippen molar-refractivity contribution in [3.8, 4) is 5.75 Å². The van der Waals surface area contributed by atoms with Crippen LogP contribution in [0.2, 0.25) is 0 Å². The van der Waals surface area contributed by atoms with Crippen LogP contribution in [0.4, 0.5) is 6.01 Å². The highest BCUT2D eigenvalue weighted by Gasteiger charge is 2.27. The molecule has 1 aromatic carbocycles. The third kappa shape index (κ3) is 6.16. The average molecular weight is 472 g/mol. The van der Waals surface area contributed by atoms with Crippen LogP contribution in [0.1, 0.15) is 79.0 Å². The Balaban J connectivity index is 1.15. The van der Waals surface area contributed by atoms with Gasteiger partial charge in [-0.15, -0.1) is 0 Å². The molecule has 0 radical (unpaired) electrons. The van der Waals surface area contributed by atoms with Gasteiger partial charge in [0.2, 0.25) is 0 Å². The van der Waals surface area contributed by atoms with Gasteiger partial charge >= 0.3 is 6.01 Å². The molecule has 0 amide bonds. The molecule has 2 N–H and O–H groups in total. The number of carbonyl (C=O) groups excluding carboxylic acids is 1. The highest BCUT2D eigenvalue weighted by molar-refractivity contribution is 5.97. The molecule has 8 heteroatoms. The summed E-state index contributed by atoms with van der Waals surface area (Å²) in [5, 5.41) is 22.6. The molecule has 2 aliphatic rings. The predicted octanol–water partition coefficient (Wildman–Crippen LogP) is 3.89. The fraction of sp³-hybridized carbons (Fsp3) is 0.654. The van der Waals surface area contributed by atoms with Crippen molar-refractivity contribution < 1.29 is 24.3 Å². The van der Waals surface area contributed by atoms with Crippen molar-refractivity contribution in [3.05, 3.63) is 35.2 Å². The zero-order valence-electron chi connectivity index (χ0n) is 20.1. The first-order valence-corrected chi connectivity index (χ1v) is 12.6. The van der Waals surface area contributed by atoms with Crippen molar-refractivity contribution >= 4 is 11.8 Å². The minimum absolute atomic E-state index is 0.0664. The molecule has 4 rings (SSSR count). The molecule has 2 fully saturated rings. The second-order valence-electron chi connectivity index (χ2n) is 9.82. The van der Waals surface area contributed by atoms with Crippen molar-refractivity contribution in [1.82, 2.24) is 10.1 Å². The number of hydrogen-bond acceptors (Lipinski definition) is 8.